The molecule has 140 valence electrons. The average molecular weight is 387 g/mol. The van der Waals surface area contributed by atoms with Gasteiger partial charge in [-0.2, -0.15) is 4.31 Å². The van der Waals surface area contributed by atoms with Gasteiger partial charge in [0.15, 0.2) is 0 Å². The van der Waals surface area contributed by atoms with E-state index in [1.807, 2.05) is 0 Å². The van der Waals surface area contributed by atoms with Crippen LogP contribution in [0, 0.1) is 0 Å². The van der Waals surface area contributed by atoms with Gasteiger partial charge in [-0.05, 0) is 48.2 Å². The van der Waals surface area contributed by atoms with Crippen LogP contribution in [0.5, 0.6) is 11.5 Å². The maximum atomic E-state index is 12.6. The third-order valence-electron chi connectivity index (χ3n) is 4.00. The van der Waals surface area contributed by atoms with Crippen LogP contribution in [0.25, 0.3) is 11.1 Å². The van der Waals surface area contributed by atoms with E-state index in [-0.39, 0.29) is 10.5 Å². The number of phenols is 1. The van der Waals surface area contributed by atoms with Gasteiger partial charge in [0, 0.05) is 19.2 Å². The van der Waals surface area contributed by atoms with Crippen LogP contribution in [0.2, 0.25) is 0 Å². The Kier molecular flexibility index (Phi) is 4.85. The normalized spacial score (nSPS) is 16.0. The quantitative estimate of drug-likeness (QED) is 0.868. The van der Waals surface area contributed by atoms with Gasteiger partial charge in [0.1, 0.15) is 11.5 Å². The molecule has 0 radical (unpaired) electrons. The van der Waals surface area contributed by atoms with E-state index in [0.29, 0.717) is 18.7 Å². The van der Waals surface area contributed by atoms with Crippen LogP contribution in [-0.4, -0.2) is 37.3 Å². The number of sulfonamides is 1. The number of rotatable bonds is 4. The highest BCUT2D eigenvalue weighted by Crippen LogP contribution is 2.33. The summed E-state index contributed by atoms with van der Waals surface area (Å²) in [5, 5.41) is 9.68. The minimum Gasteiger partial charge on any atom is -0.508 e. The molecular weight excluding hydrogens is 371 g/mol. The van der Waals surface area contributed by atoms with E-state index >= 15 is 0 Å². The summed E-state index contributed by atoms with van der Waals surface area (Å²) in [6, 6.07) is 9.04. The zero-order valence-electron chi connectivity index (χ0n) is 13.5. The van der Waals surface area contributed by atoms with Crippen LogP contribution >= 0.6 is 0 Å². The fourth-order valence-electron chi connectivity index (χ4n) is 2.86. The van der Waals surface area contributed by atoms with E-state index in [2.05, 4.69) is 4.74 Å². The lowest BCUT2D eigenvalue weighted by atomic mass is 10.1. The smallest absolute Gasteiger partial charge is 0.508 e. The first-order chi connectivity index (χ1) is 12.1. The molecule has 1 aliphatic heterocycles. The molecule has 3 rings (SSSR count). The average Bonchev–Trinajstić information content (AvgIpc) is 3.08. The Morgan fingerprint density at radius 3 is 2.35 bits per heavy atom. The van der Waals surface area contributed by atoms with E-state index in [1.54, 1.807) is 6.07 Å². The molecule has 1 N–H and O–H groups in total. The summed E-state index contributed by atoms with van der Waals surface area (Å²) < 4.78 is 67.7. The summed E-state index contributed by atoms with van der Waals surface area (Å²) in [7, 11) is -3.66. The Labute approximate surface area is 148 Å². The van der Waals surface area contributed by atoms with Gasteiger partial charge in [-0.25, -0.2) is 8.42 Å². The minimum absolute atomic E-state index is 0.0542. The SMILES string of the molecule is O=S(=O)(c1cccc(-c2cc(O)cc(OC(F)(F)F)c2)c1)N1CCCC1. The highest BCUT2D eigenvalue weighted by atomic mass is 32.2. The first-order valence-corrected chi connectivity index (χ1v) is 9.29. The zero-order chi connectivity index (χ0) is 18.9. The van der Waals surface area contributed by atoms with E-state index in [9.17, 15) is 26.7 Å². The van der Waals surface area contributed by atoms with Crippen molar-refractivity contribution in [3.63, 3.8) is 0 Å². The zero-order valence-corrected chi connectivity index (χ0v) is 14.3. The molecule has 2 aromatic rings. The topological polar surface area (TPSA) is 66.8 Å². The van der Waals surface area contributed by atoms with Gasteiger partial charge in [0.2, 0.25) is 10.0 Å². The van der Waals surface area contributed by atoms with Crippen LogP contribution in [0.3, 0.4) is 0 Å². The Hall–Kier alpha value is -2.26. The molecule has 2 aromatic carbocycles. The second-order valence-electron chi connectivity index (χ2n) is 5.90. The number of phenolic OH excluding ortho intramolecular Hbond substituents is 1. The second kappa shape index (κ2) is 6.81. The maximum Gasteiger partial charge on any atom is 0.573 e. The van der Waals surface area contributed by atoms with E-state index < -0.39 is 27.9 Å². The molecule has 0 amide bonds. The molecule has 9 heteroatoms. The number of halogens is 3. The summed E-state index contributed by atoms with van der Waals surface area (Å²) in [5.74, 6) is -1.00. The van der Waals surface area contributed by atoms with Crippen LogP contribution in [0.4, 0.5) is 13.2 Å². The predicted molar refractivity (Wildman–Crippen MR) is 88.2 cm³/mol. The van der Waals surface area contributed by atoms with Crippen molar-refractivity contribution in [3.05, 3.63) is 42.5 Å². The molecule has 0 aromatic heterocycles. The number of benzene rings is 2. The van der Waals surface area contributed by atoms with E-state index in [0.717, 1.165) is 25.0 Å². The number of hydrogen-bond acceptors (Lipinski definition) is 4. The van der Waals surface area contributed by atoms with Gasteiger partial charge in [-0.1, -0.05) is 12.1 Å². The Bertz CT molecular complexity index is 906. The van der Waals surface area contributed by atoms with Gasteiger partial charge < -0.3 is 9.84 Å². The van der Waals surface area contributed by atoms with E-state index in [4.69, 9.17) is 0 Å². The molecule has 0 spiro atoms. The summed E-state index contributed by atoms with van der Waals surface area (Å²) in [6.07, 6.45) is -3.31. The summed E-state index contributed by atoms with van der Waals surface area (Å²) in [4.78, 5) is 0.0542. The molecule has 1 aliphatic rings. The van der Waals surface area contributed by atoms with Gasteiger partial charge in [-0.15, -0.1) is 13.2 Å². The Morgan fingerprint density at radius 1 is 1.00 bits per heavy atom. The van der Waals surface area contributed by atoms with Crippen molar-refractivity contribution in [2.75, 3.05) is 13.1 Å². The third kappa shape index (κ3) is 4.10. The van der Waals surface area contributed by atoms with Crippen molar-refractivity contribution < 1.29 is 31.4 Å². The van der Waals surface area contributed by atoms with Gasteiger partial charge in [-0.3, -0.25) is 0 Å². The molecule has 1 heterocycles. The first kappa shape index (κ1) is 18.5. The maximum absolute atomic E-state index is 12.6. The Balaban J connectivity index is 1.98. The molecule has 26 heavy (non-hydrogen) atoms. The fourth-order valence-corrected chi connectivity index (χ4v) is 4.42. The molecule has 1 fully saturated rings. The van der Waals surface area contributed by atoms with Crippen LogP contribution < -0.4 is 4.74 Å². The fraction of sp³-hybridized carbons (Fsp3) is 0.294. The van der Waals surface area contributed by atoms with Crippen LogP contribution in [-0.2, 0) is 10.0 Å². The molecule has 0 bridgehead atoms. The summed E-state index contributed by atoms with van der Waals surface area (Å²) in [5.41, 5.74) is 0.566. The predicted octanol–water partition coefficient (Wildman–Crippen LogP) is 3.74. The molecule has 0 aliphatic carbocycles. The molecular formula is C17H16F3NO4S. The van der Waals surface area contributed by atoms with Crippen molar-refractivity contribution in [2.45, 2.75) is 24.1 Å². The number of ether oxygens (including phenoxy) is 1. The van der Waals surface area contributed by atoms with Crippen molar-refractivity contribution in [2.24, 2.45) is 0 Å². The van der Waals surface area contributed by atoms with Gasteiger partial charge in [0.05, 0.1) is 4.90 Å². The number of hydrogen-bond donors (Lipinski definition) is 1. The highest BCUT2D eigenvalue weighted by molar-refractivity contribution is 7.89. The summed E-state index contributed by atoms with van der Waals surface area (Å²) in [6.45, 7) is 0.893. The van der Waals surface area contributed by atoms with Crippen molar-refractivity contribution in [1.29, 1.82) is 0 Å². The number of nitrogens with zero attached hydrogens (tertiary/aromatic N) is 1. The number of aromatic hydroxyl groups is 1. The highest BCUT2D eigenvalue weighted by Gasteiger charge is 2.31. The minimum atomic E-state index is -4.90. The van der Waals surface area contributed by atoms with Crippen LogP contribution in [0.15, 0.2) is 47.4 Å². The molecule has 0 atom stereocenters. The van der Waals surface area contributed by atoms with Crippen molar-refractivity contribution in [3.8, 4) is 22.6 Å². The lowest BCUT2D eigenvalue weighted by Crippen LogP contribution is -2.27. The second-order valence-corrected chi connectivity index (χ2v) is 7.84. The lowest BCUT2D eigenvalue weighted by Gasteiger charge is -2.16. The van der Waals surface area contributed by atoms with Crippen molar-refractivity contribution in [1.82, 2.24) is 4.31 Å². The van der Waals surface area contributed by atoms with Gasteiger partial charge in [0.25, 0.3) is 0 Å². The van der Waals surface area contributed by atoms with Gasteiger partial charge >= 0.3 is 6.36 Å². The van der Waals surface area contributed by atoms with Crippen molar-refractivity contribution >= 4 is 10.0 Å². The van der Waals surface area contributed by atoms with Crippen LogP contribution in [0.1, 0.15) is 12.8 Å². The molecule has 0 unspecified atom stereocenters. The number of alkyl halides is 3. The lowest BCUT2D eigenvalue weighted by molar-refractivity contribution is -0.274. The standard InChI is InChI=1S/C17H16F3NO4S/c18-17(19,20)25-15-9-13(8-14(22)11-15)12-4-3-5-16(10-12)26(23,24)21-6-1-2-7-21/h3-5,8-11,22H,1-2,6-7H2. The summed E-state index contributed by atoms with van der Waals surface area (Å²) >= 11 is 0. The third-order valence-corrected chi connectivity index (χ3v) is 5.89. The molecule has 1 saturated heterocycles. The largest absolute Gasteiger partial charge is 0.573 e. The molecule has 5 nitrogen and oxygen atoms in total. The first-order valence-electron chi connectivity index (χ1n) is 7.85. The molecule has 0 saturated carbocycles. The van der Waals surface area contributed by atoms with E-state index in [1.165, 1.54) is 28.6 Å². The Morgan fingerprint density at radius 2 is 1.69 bits per heavy atom. The monoisotopic (exact) mass is 387 g/mol.